The van der Waals surface area contributed by atoms with Gasteiger partial charge in [-0.2, -0.15) is 15.8 Å². The summed E-state index contributed by atoms with van der Waals surface area (Å²) >= 11 is 0. The number of hydrogen-bond donors (Lipinski definition) is 0. The first-order valence-electron chi connectivity index (χ1n) is 11.7. The molecule has 184 valence electrons. The average Bonchev–Trinajstić information content (AvgIpc) is 3.61. The molecule has 0 saturated heterocycles. The van der Waals surface area contributed by atoms with E-state index >= 15 is 0 Å². The van der Waals surface area contributed by atoms with Gasteiger partial charge in [-0.15, -0.1) is 0 Å². The molecule has 10 nitrogen and oxygen atoms in total. The second kappa shape index (κ2) is 9.55. The van der Waals surface area contributed by atoms with E-state index < -0.39 is 0 Å². The summed E-state index contributed by atoms with van der Waals surface area (Å²) in [7, 11) is 0. The minimum absolute atomic E-state index is 0.0657. The smallest absolute Gasteiger partial charge is 0.251 e. The van der Waals surface area contributed by atoms with Crippen molar-refractivity contribution in [3.63, 3.8) is 0 Å². The molecule has 0 aromatic heterocycles. The van der Waals surface area contributed by atoms with E-state index in [1.165, 1.54) is 12.1 Å². The molecule has 5 rings (SSSR count). The molecular formula is C32H6N10. The maximum atomic E-state index is 10.1. The van der Waals surface area contributed by atoms with E-state index in [0.717, 1.165) is 0 Å². The highest BCUT2D eigenvalue weighted by Gasteiger charge is 2.37. The van der Waals surface area contributed by atoms with Crippen LogP contribution in [-0.4, -0.2) is 0 Å². The molecule has 0 unspecified atom stereocenters. The van der Waals surface area contributed by atoms with Gasteiger partial charge in [-0.05, 0) is 57.9 Å². The van der Waals surface area contributed by atoms with E-state index in [4.69, 9.17) is 32.9 Å². The van der Waals surface area contributed by atoms with E-state index in [0.29, 0.717) is 11.1 Å². The highest BCUT2D eigenvalue weighted by Crippen LogP contribution is 2.51. The maximum Gasteiger partial charge on any atom is 0.269 e. The van der Waals surface area contributed by atoms with Crippen LogP contribution in [0.15, 0.2) is 12.1 Å². The highest BCUT2D eigenvalue weighted by atomic mass is 14.8. The quantitative estimate of drug-likeness (QED) is 0.253. The van der Waals surface area contributed by atoms with Gasteiger partial charge in [0.05, 0.1) is 67.8 Å². The highest BCUT2D eigenvalue weighted by molar-refractivity contribution is 6.02. The standard InChI is InChI=1S/C32H6N10/c1-38-22-9-23(39-2)32(42-5)31-18(22)8-20-27(24(13-36)40-3)29-19(28(30(20)31)25(14-37)41-4)7-17-15(10-33)6-16(11-34)21(12-35)26(17)29/h6,9H,7-8H2/b27-24+,28-25-. The lowest BCUT2D eigenvalue weighted by Gasteiger charge is -2.15. The second-order valence-corrected chi connectivity index (χ2v) is 8.94. The fraction of sp³-hybridized carbons (Fsp3) is 0.0625. The van der Waals surface area contributed by atoms with Crippen molar-refractivity contribution in [2.24, 2.45) is 0 Å². The first-order valence-corrected chi connectivity index (χ1v) is 11.7. The van der Waals surface area contributed by atoms with Crippen LogP contribution >= 0.6 is 0 Å². The Labute approximate surface area is 238 Å². The normalized spacial score (nSPS) is 12.1. The van der Waals surface area contributed by atoms with Crippen molar-refractivity contribution in [1.82, 2.24) is 0 Å². The van der Waals surface area contributed by atoms with Crippen molar-refractivity contribution < 1.29 is 0 Å². The summed E-state index contributed by atoms with van der Waals surface area (Å²) in [6.45, 7) is 38.9. The van der Waals surface area contributed by atoms with Crippen molar-refractivity contribution in [3.05, 3.63) is 119 Å². The predicted molar refractivity (Wildman–Crippen MR) is 146 cm³/mol. The van der Waals surface area contributed by atoms with Gasteiger partial charge in [-0.25, -0.2) is 29.9 Å². The van der Waals surface area contributed by atoms with Crippen LogP contribution in [-0.2, 0) is 12.8 Å². The number of nitriles is 5. The van der Waals surface area contributed by atoms with Crippen LogP contribution in [0, 0.1) is 89.5 Å². The van der Waals surface area contributed by atoms with E-state index in [-0.39, 0.29) is 102 Å². The van der Waals surface area contributed by atoms with Crippen molar-refractivity contribution in [2.45, 2.75) is 12.8 Å². The lowest BCUT2D eigenvalue weighted by atomic mass is 9.88. The Morgan fingerprint density at radius 2 is 1.12 bits per heavy atom. The van der Waals surface area contributed by atoms with Crippen LogP contribution in [0.1, 0.15) is 38.9 Å². The molecule has 0 fully saturated rings. The number of hydrogen-bond acceptors (Lipinski definition) is 5. The van der Waals surface area contributed by atoms with Gasteiger partial charge < -0.3 is 0 Å². The number of fused-ring (bicyclic) bond motifs is 6. The van der Waals surface area contributed by atoms with Gasteiger partial charge in [-0.1, -0.05) is 6.07 Å². The summed E-state index contributed by atoms with van der Waals surface area (Å²) in [5, 5.41) is 50.2. The molecule has 0 aliphatic heterocycles. The number of benzene rings is 3. The van der Waals surface area contributed by atoms with Crippen LogP contribution < -0.4 is 10.4 Å². The molecule has 3 aromatic carbocycles. The summed E-state index contributed by atoms with van der Waals surface area (Å²) < 4.78 is 0. The molecular weight excluding hydrogens is 524 g/mol. The molecule has 0 N–H and O–H groups in total. The topological polar surface area (TPSA) is 141 Å². The van der Waals surface area contributed by atoms with Gasteiger partial charge in [0.15, 0.2) is 17.1 Å². The molecule has 10 heteroatoms. The average molecular weight is 530 g/mol. The molecule has 0 bridgehead atoms. The Hall–Kier alpha value is -7.70. The third-order valence-corrected chi connectivity index (χ3v) is 7.33. The molecule has 0 heterocycles. The van der Waals surface area contributed by atoms with Gasteiger partial charge in [0.1, 0.15) is 12.1 Å². The van der Waals surface area contributed by atoms with E-state index in [1.807, 2.05) is 30.3 Å². The van der Waals surface area contributed by atoms with Gasteiger partial charge in [0, 0.05) is 16.0 Å². The van der Waals surface area contributed by atoms with E-state index in [2.05, 4.69) is 24.2 Å². The molecule has 0 spiro atoms. The van der Waals surface area contributed by atoms with E-state index in [9.17, 15) is 26.3 Å². The first kappa shape index (κ1) is 25.9. The summed E-state index contributed by atoms with van der Waals surface area (Å²) in [6, 6.07) is 12.3. The molecule has 0 amide bonds. The lowest BCUT2D eigenvalue weighted by molar-refractivity contribution is 1.19. The molecule has 0 saturated carbocycles. The van der Waals surface area contributed by atoms with Crippen LogP contribution in [0.5, 0.6) is 0 Å². The van der Waals surface area contributed by atoms with Gasteiger partial charge in [0.2, 0.25) is 0 Å². The predicted octanol–water partition coefficient (Wildman–Crippen LogP) is 5.20. The first-order chi connectivity index (χ1) is 20.4. The maximum absolute atomic E-state index is 10.1. The van der Waals surface area contributed by atoms with Crippen molar-refractivity contribution in [2.75, 3.05) is 0 Å². The molecule has 3 aromatic rings. The van der Waals surface area contributed by atoms with Gasteiger partial charge in [-0.3, -0.25) is 4.85 Å². The Morgan fingerprint density at radius 3 is 1.57 bits per heavy atom. The van der Waals surface area contributed by atoms with E-state index in [1.54, 1.807) is 0 Å². The monoisotopic (exact) mass is 530 g/mol. The fourth-order valence-corrected chi connectivity index (χ4v) is 5.83. The molecule has 2 aliphatic carbocycles. The SMILES string of the molecule is [C-]#[N+]/C(C#N)=c1/c2c(/c(=C(\C#N)[N+]#[C-])c3c1-c1c(c([N+]#[C-])cc([N+]#[C-])c1[N+]#[C-])C3)-c1c(C#N)c(C#N)cc(C#N)c1C2. The van der Waals surface area contributed by atoms with Crippen molar-refractivity contribution in [1.29, 1.82) is 26.3 Å². The largest absolute Gasteiger partial charge is 0.269 e. The molecule has 0 radical (unpaired) electrons. The third-order valence-electron chi connectivity index (χ3n) is 7.33. The molecule has 2 aliphatic rings. The Bertz CT molecular complexity index is 2250. The zero-order valence-corrected chi connectivity index (χ0v) is 21.0. The summed E-state index contributed by atoms with van der Waals surface area (Å²) in [4.78, 5) is 17.4. The van der Waals surface area contributed by atoms with Crippen LogP contribution in [0.3, 0.4) is 0 Å². The zero-order chi connectivity index (χ0) is 30.3. The van der Waals surface area contributed by atoms with Crippen LogP contribution in [0.4, 0.5) is 17.1 Å². The Morgan fingerprint density at radius 1 is 0.571 bits per heavy atom. The fourth-order valence-electron chi connectivity index (χ4n) is 5.83. The Kier molecular flexibility index (Phi) is 5.90. The number of rotatable bonds is 0. The Balaban J connectivity index is 2.25. The van der Waals surface area contributed by atoms with Crippen LogP contribution in [0.25, 0.3) is 57.9 Å². The minimum atomic E-state index is -0.389. The molecule has 0 atom stereocenters. The summed E-state index contributed by atoms with van der Waals surface area (Å²) in [5.41, 5.74) is 0.906. The van der Waals surface area contributed by atoms with Crippen molar-refractivity contribution in [3.8, 4) is 52.6 Å². The van der Waals surface area contributed by atoms with Crippen molar-refractivity contribution >= 4 is 28.5 Å². The lowest BCUT2D eigenvalue weighted by Crippen LogP contribution is -2.26. The number of nitrogens with zero attached hydrogens (tertiary/aromatic N) is 10. The van der Waals surface area contributed by atoms with Crippen LogP contribution in [0.2, 0.25) is 0 Å². The third kappa shape index (κ3) is 3.15. The van der Waals surface area contributed by atoms with Gasteiger partial charge >= 0.3 is 0 Å². The second-order valence-electron chi connectivity index (χ2n) is 8.94. The summed E-state index contributed by atoms with van der Waals surface area (Å²) in [6.07, 6.45) is -0.154. The molecule has 42 heavy (non-hydrogen) atoms. The zero-order valence-electron chi connectivity index (χ0n) is 21.0. The minimum Gasteiger partial charge on any atom is -0.251 e. The summed E-state index contributed by atoms with van der Waals surface area (Å²) in [5.74, 6) is 0. The van der Waals surface area contributed by atoms with Gasteiger partial charge in [0.25, 0.3) is 11.4 Å².